The lowest BCUT2D eigenvalue weighted by Gasteiger charge is -2.20. The van der Waals surface area contributed by atoms with Gasteiger partial charge in [-0.05, 0) is 18.9 Å². The van der Waals surface area contributed by atoms with Gasteiger partial charge >= 0.3 is 0 Å². The van der Waals surface area contributed by atoms with Crippen LogP contribution in [0, 0.1) is 23.0 Å². The number of nitrogens with zero attached hydrogens (tertiary/aromatic N) is 1. The van der Waals surface area contributed by atoms with Gasteiger partial charge in [-0.2, -0.15) is 0 Å². The van der Waals surface area contributed by atoms with Crippen LogP contribution in [0.3, 0.4) is 0 Å². The highest BCUT2D eigenvalue weighted by Gasteiger charge is 2.23. The second-order valence-electron chi connectivity index (χ2n) is 5.08. The fraction of sp³-hybridized carbons (Fsp3) is 0.533. The Balaban J connectivity index is 2.82. The zero-order valence-electron chi connectivity index (χ0n) is 12.6. The molecule has 0 saturated carbocycles. The Morgan fingerprint density at radius 2 is 2.00 bits per heavy atom. The number of hydrogen-bond donors (Lipinski definition) is 2. The largest absolute Gasteiger partial charge is 0.391 e. The van der Waals surface area contributed by atoms with Gasteiger partial charge in [-0.15, -0.1) is 0 Å². The molecule has 1 unspecified atom stereocenters. The van der Waals surface area contributed by atoms with Crippen molar-refractivity contribution in [3.8, 4) is 0 Å². The van der Waals surface area contributed by atoms with Gasteiger partial charge in [-0.25, -0.2) is 0 Å². The molecular weight excluding hydrogens is 272 g/mol. The second kappa shape index (κ2) is 7.73. The quantitative estimate of drug-likeness (QED) is 0.596. The monoisotopic (exact) mass is 294 g/mol. The van der Waals surface area contributed by atoms with E-state index in [1.54, 1.807) is 19.1 Å². The van der Waals surface area contributed by atoms with E-state index < -0.39 is 16.9 Å². The van der Waals surface area contributed by atoms with Crippen molar-refractivity contribution in [2.45, 2.75) is 39.7 Å². The van der Waals surface area contributed by atoms with Crippen LogP contribution in [0.4, 0.5) is 5.69 Å². The highest BCUT2D eigenvalue weighted by atomic mass is 16.6. The van der Waals surface area contributed by atoms with Crippen LogP contribution in [0.15, 0.2) is 18.2 Å². The van der Waals surface area contributed by atoms with Crippen LogP contribution in [-0.2, 0) is 0 Å². The first-order chi connectivity index (χ1) is 9.92. The number of hydrogen-bond acceptors (Lipinski definition) is 4. The van der Waals surface area contributed by atoms with E-state index in [0.717, 1.165) is 12.8 Å². The number of aliphatic hydroxyl groups is 1. The van der Waals surface area contributed by atoms with Crippen molar-refractivity contribution in [3.63, 3.8) is 0 Å². The summed E-state index contributed by atoms with van der Waals surface area (Å²) in [5.74, 6) is -0.423. The molecule has 1 atom stereocenters. The topological polar surface area (TPSA) is 92.5 Å². The molecule has 0 saturated heterocycles. The molecule has 1 aromatic carbocycles. The number of aliphatic hydroxyl groups excluding tert-OH is 1. The third-order valence-corrected chi connectivity index (χ3v) is 3.73. The summed E-state index contributed by atoms with van der Waals surface area (Å²) < 4.78 is 0. The highest BCUT2D eigenvalue weighted by molar-refractivity contribution is 5.98. The van der Waals surface area contributed by atoms with Crippen molar-refractivity contribution in [1.29, 1.82) is 0 Å². The minimum atomic E-state index is -0.646. The predicted molar refractivity (Wildman–Crippen MR) is 80.2 cm³/mol. The number of rotatable bonds is 7. The summed E-state index contributed by atoms with van der Waals surface area (Å²) >= 11 is 0. The van der Waals surface area contributed by atoms with Gasteiger partial charge in [-0.3, -0.25) is 14.9 Å². The number of nitro groups is 1. The molecule has 116 valence electrons. The van der Waals surface area contributed by atoms with E-state index in [1.807, 2.05) is 13.8 Å². The standard InChI is InChI=1S/C15H22N2O4/c1-4-11(5-2)13(18)9-16-15(19)12-8-6-7-10(3)14(12)17(20)21/h6-8,11,13,18H,4-5,9H2,1-3H3,(H,16,19). The minimum Gasteiger partial charge on any atom is -0.391 e. The molecule has 0 radical (unpaired) electrons. The Labute approximate surface area is 124 Å². The number of benzene rings is 1. The molecule has 2 N–H and O–H groups in total. The lowest BCUT2D eigenvalue weighted by Crippen LogP contribution is -2.36. The average molecular weight is 294 g/mol. The molecule has 6 nitrogen and oxygen atoms in total. The molecule has 0 spiro atoms. The summed E-state index contributed by atoms with van der Waals surface area (Å²) in [7, 11) is 0. The third-order valence-electron chi connectivity index (χ3n) is 3.73. The van der Waals surface area contributed by atoms with Crippen LogP contribution in [0.1, 0.15) is 42.6 Å². The minimum absolute atomic E-state index is 0.0248. The number of amides is 1. The molecular formula is C15H22N2O4. The number of nitrogens with one attached hydrogen (secondary N) is 1. The summed E-state index contributed by atoms with van der Waals surface area (Å²) in [6.07, 6.45) is 0.990. The van der Waals surface area contributed by atoms with Crippen LogP contribution in [0.25, 0.3) is 0 Å². The lowest BCUT2D eigenvalue weighted by atomic mass is 9.96. The Hall–Kier alpha value is -1.95. The zero-order chi connectivity index (χ0) is 16.0. The number of carbonyl (C=O) groups excluding carboxylic acids is 1. The molecule has 0 aliphatic rings. The molecule has 0 aliphatic carbocycles. The van der Waals surface area contributed by atoms with Crippen molar-refractivity contribution in [3.05, 3.63) is 39.4 Å². The molecule has 1 amide bonds. The number of para-hydroxylation sites is 1. The first kappa shape index (κ1) is 17.1. The summed E-state index contributed by atoms with van der Waals surface area (Å²) in [6, 6.07) is 4.62. The average Bonchev–Trinajstić information content (AvgIpc) is 2.45. The SMILES string of the molecule is CCC(CC)C(O)CNC(=O)c1cccc(C)c1[N+](=O)[O-]. The maximum atomic E-state index is 12.1. The van der Waals surface area contributed by atoms with E-state index in [4.69, 9.17) is 0 Å². The molecule has 1 rings (SSSR count). The maximum Gasteiger partial charge on any atom is 0.285 e. The molecule has 0 aromatic heterocycles. The smallest absolute Gasteiger partial charge is 0.285 e. The predicted octanol–water partition coefficient (Wildman–Crippen LogP) is 2.43. The molecule has 0 fully saturated rings. The van der Waals surface area contributed by atoms with Crippen LogP contribution in [0.2, 0.25) is 0 Å². The Kier molecular flexibility index (Phi) is 6.30. The molecule has 0 aliphatic heterocycles. The van der Waals surface area contributed by atoms with Gasteiger partial charge in [0.25, 0.3) is 11.6 Å². The zero-order valence-corrected chi connectivity index (χ0v) is 12.6. The molecule has 6 heteroatoms. The Bertz CT molecular complexity index is 512. The first-order valence-electron chi connectivity index (χ1n) is 7.12. The highest BCUT2D eigenvalue weighted by Crippen LogP contribution is 2.23. The van der Waals surface area contributed by atoms with Crippen LogP contribution in [-0.4, -0.2) is 28.6 Å². The Morgan fingerprint density at radius 3 is 2.52 bits per heavy atom. The summed E-state index contributed by atoms with van der Waals surface area (Å²) in [4.78, 5) is 22.6. The summed E-state index contributed by atoms with van der Waals surface area (Å²) in [6.45, 7) is 5.64. The summed E-state index contributed by atoms with van der Waals surface area (Å²) in [5, 5.41) is 23.6. The fourth-order valence-electron chi connectivity index (χ4n) is 2.38. The third kappa shape index (κ3) is 4.26. The van der Waals surface area contributed by atoms with E-state index in [-0.39, 0.29) is 23.7 Å². The van der Waals surface area contributed by atoms with Gasteiger partial charge in [0, 0.05) is 12.1 Å². The normalized spacial score (nSPS) is 12.2. The van der Waals surface area contributed by atoms with Gasteiger partial charge in [0.15, 0.2) is 0 Å². The van der Waals surface area contributed by atoms with Crippen molar-refractivity contribution >= 4 is 11.6 Å². The van der Waals surface area contributed by atoms with Gasteiger partial charge in [-0.1, -0.05) is 38.8 Å². The van der Waals surface area contributed by atoms with Crippen molar-refractivity contribution in [2.75, 3.05) is 6.54 Å². The number of aryl methyl sites for hydroxylation is 1. The van der Waals surface area contributed by atoms with Gasteiger partial charge in [0.05, 0.1) is 11.0 Å². The molecule has 1 aromatic rings. The molecule has 21 heavy (non-hydrogen) atoms. The fourth-order valence-corrected chi connectivity index (χ4v) is 2.38. The number of carbonyl (C=O) groups is 1. The molecule has 0 heterocycles. The maximum absolute atomic E-state index is 12.1. The summed E-state index contributed by atoms with van der Waals surface area (Å²) in [5.41, 5.74) is 0.275. The van der Waals surface area contributed by atoms with Crippen LogP contribution < -0.4 is 5.32 Å². The lowest BCUT2D eigenvalue weighted by molar-refractivity contribution is -0.385. The second-order valence-corrected chi connectivity index (χ2v) is 5.08. The van der Waals surface area contributed by atoms with Crippen LogP contribution >= 0.6 is 0 Å². The van der Waals surface area contributed by atoms with Gasteiger partial charge in [0.1, 0.15) is 5.56 Å². The van der Waals surface area contributed by atoms with Crippen molar-refractivity contribution < 1.29 is 14.8 Å². The van der Waals surface area contributed by atoms with Gasteiger partial charge in [0.2, 0.25) is 0 Å². The van der Waals surface area contributed by atoms with E-state index in [0.29, 0.717) is 5.56 Å². The Morgan fingerprint density at radius 1 is 1.38 bits per heavy atom. The van der Waals surface area contributed by atoms with Crippen molar-refractivity contribution in [2.24, 2.45) is 5.92 Å². The van der Waals surface area contributed by atoms with Crippen molar-refractivity contribution in [1.82, 2.24) is 5.32 Å². The van der Waals surface area contributed by atoms with E-state index in [9.17, 15) is 20.0 Å². The molecule has 0 bridgehead atoms. The van der Waals surface area contributed by atoms with E-state index in [2.05, 4.69) is 5.32 Å². The first-order valence-corrected chi connectivity index (χ1v) is 7.12. The van der Waals surface area contributed by atoms with E-state index >= 15 is 0 Å². The van der Waals surface area contributed by atoms with Crippen LogP contribution in [0.5, 0.6) is 0 Å². The van der Waals surface area contributed by atoms with E-state index in [1.165, 1.54) is 6.07 Å². The number of nitro benzene ring substituents is 1. The van der Waals surface area contributed by atoms with Gasteiger partial charge < -0.3 is 10.4 Å².